The van der Waals surface area contributed by atoms with Crippen LogP contribution < -0.4 is 4.74 Å². The van der Waals surface area contributed by atoms with Gasteiger partial charge in [0.05, 0.1) is 0 Å². The van der Waals surface area contributed by atoms with Crippen LogP contribution in [0.1, 0.15) is 5.56 Å². The van der Waals surface area contributed by atoms with Gasteiger partial charge >= 0.3 is 5.97 Å². The van der Waals surface area contributed by atoms with Crippen molar-refractivity contribution in [1.82, 2.24) is 0 Å². The lowest BCUT2D eigenvalue weighted by atomic mass is 10.2. The maximum atomic E-state index is 10.8. The summed E-state index contributed by atoms with van der Waals surface area (Å²) < 4.78 is 4.86. The number of aromatic hydroxyl groups is 1. The Morgan fingerprint density at radius 2 is 2.31 bits per heavy atom. The predicted octanol–water partition coefficient (Wildman–Crippen LogP) is 1.79. The highest BCUT2D eigenvalue weighted by Gasteiger charge is 2.05. The molecule has 1 aromatic carbocycles. The number of benzene rings is 1. The van der Waals surface area contributed by atoms with Crippen LogP contribution in [0, 0.1) is 6.92 Å². The van der Waals surface area contributed by atoms with E-state index in [-0.39, 0.29) is 5.75 Å². The first-order valence-electron chi connectivity index (χ1n) is 3.78. The van der Waals surface area contributed by atoms with E-state index in [0.717, 1.165) is 6.08 Å². The second kappa shape index (κ2) is 3.76. The van der Waals surface area contributed by atoms with Crippen LogP contribution in [0.4, 0.5) is 0 Å². The van der Waals surface area contributed by atoms with Crippen molar-refractivity contribution >= 4 is 5.97 Å². The molecule has 0 spiro atoms. The summed E-state index contributed by atoms with van der Waals surface area (Å²) in [5, 5.41) is 9.27. The zero-order valence-electron chi connectivity index (χ0n) is 7.28. The molecule has 0 aliphatic heterocycles. The molecule has 0 heterocycles. The summed E-state index contributed by atoms with van der Waals surface area (Å²) in [7, 11) is 0. The van der Waals surface area contributed by atoms with Gasteiger partial charge in [0.2, 0.25) is 0 Å². The Bertz CT molecular complexity index is 342. The van der Waals surface area contributed by atoms with E-state index in [0.29, 0.717) is 11.3 Å². The fourth-order valence-electron chi connectivity index (χ4n) is 0.863. The molecule has 3 heteroatoms. The smallest absolute Gasteiger partial charge is 0.335 e. The van der Waals surface area contributed by atoms with Gasteiger partial charge in [-0.25, -0.2) is 4.79 Å². The third-order valence-electron chi connectivity index (χ3n) is 1.63. The van der Waals surface area contributed by atoms with Crippen molar-refractivity contribution in [3.05, 3.63) is 36.4 Å². The number of phenolic OH excluding ortho intramolecular Hbond substituents is 1. The van der Waals surface area contributed by atoms with Crippen molar-refractivity contribution in [3.63, 3.8) is 0 Å². The number of carbonyl (C=O) groups excluding carboxylic acids is 1. The van der Waals surface area contributed by atoms with Crippen LogP contribution in [0.5, 0.6) is 11.5 Å². The summed E-state index contributed by atoms with van der Waals surface area (Å²) in [6.07, 6.45) is 1.07. The number of hydrogen-bond acceptors (Lipinski definition) is 3. The Morgan fingerprint density at radius 1 is 1.62 bits per heavy atom. The molecular weight excluding hydrogens is 168 g/mol. The number of phenols is 1. The quantitative estimate of drug-likeness (QED) is 0.426. The molecule has 0 unspecified atom stereocenters. The number of esters is 1. The van der Waals surface area contributed by atoms with Crippen molar-refractivity contribution in [1.29, 1.82) is 0 Å². The predicted molar refractivity (Wildman–Crippen MR) is 48.7 cm³/mol. The first kappa shape index (κ1) is 9.32. The van der Waals surface area contributed by atoms with Crippen LogP contribution in [0.25, 0.3) is 0 Å². The Kier molecular flexibility index (Phi) is 2.69. The largest absolute Gasteiger partial charge is 0.508 e. The molecule has 13 heavy (non-hydrogen) atoms. The van der Waals surface area contributed by atoms with E-state index >= 15 is 0 Å². The third kappa shape index (κ3) is 2.08. The van der Waals surface area contributed by atoms with Crippen LogP contribution in [-0.2, 0) is 4.79 Å². The highest BCUT2D eigenvalue weighted by molar-refractivity contribution is 5.83. The number of hydrogen-bond donors (Lipinski definition) is 1. The first-order chi connectivity index (χ1) is 6.15. The average Bonchev–Trinajstić information content (AvgIpc) is 2.13. The van der Waals surface area contributed by atoms with Crippen molar-refractivity contribution in [2.75, 3.05) is 0 Å². The first-order valence-corrected chi connectivity index (χ1v) is 3.78. The van der Waals surface area contributed by atoms with Gasteiger partial charge in [0, 0.05) is 11.6 Å². The molecule has 0 radical (unpaired) electrons. The molecule has 1 rings (SSSR count). The Balaban J connectivity index is 2.95. The zero-order chi connectivity index (χ0) is 9.84. The molecule has 0 aromatic heterocycles. The standard InChI is InChI=1S/C10H10O3/c1-3-10(12)13-9-6-4-5-8(11)7(9)2/h3-6,11H,1H2,2H3. The van der Waals surface area contributed by atoms with Crippen molar-refractivity contribution in [2.24, 2.45) is 0 Å². The SMILES string of the molecule is C=CC(=O)Oc1cccc(O)c1C. The summed E-state index contributed by atoms with van der Waals surface area (Å²) >= 11 is 0. The minimum absolute atomic E-state index is 0.106. The number of carbonyl (C=O) groups is 1. The molecule has 0 aliphatic rings. The topological polar surface area (TPSA) is 46.5 Å². The fraction of sp³-hybridized carbons (Fsp3) is 0.100. The normalized spacial score (nSPS) is 9.31. The van der Waals surface area contributed by atoms with Gasteiger partial charge in [0.15, 0.2) is 0 Å². The van der Waals surface area contributed by atoms with Crippen LogP contribution in [0.15, 0.2) is 30.9 Å². The van der Waals surface area contributed by atoms with E-state index in [9.17, 15) is 9.90 Å². The van der Waals surface area contributed by atoms with Crippen molar-refractivity contribution < 1.29 is 14.6 Å². The second-order valence-corrected chi connectivity index (χ2v) is 2.53. The molecule has 0 amide bonds. The maximum absolute atomic E-state index is 10.8. The molecule has 68 valence electrons. The third-order valence-corrected chi connectivity index (χ3v) is 1.63. The number of ether oxygens (including phenoxy) is 1. The van der Waals surface area contributed by atoms with E-state index in [1.807, 2.05) is 0 Å². The average molecular weight is 178 g/mol. The van der Waals surface area contributed by atoms with Gasteiger partial charge in [-0.05, 0) is 19.1 Å². The molecular formula is C10H10O3. The van der Waals surface area contributed by atoms with Gasteiger partial charge < -0.3 is 9.84 Å². The minimum atomic E-state index is -0.534. The molecule has 0 aliphatic carbocycles. The molecule has 0 saturated heterocycles. The minimum Gasteiger partial charge on any atom is -0.508 e. The summed E-state index contributed by atoms with van der Waals surface area (Å²) in [6.45, 7) is 4.94. The lowest BCUT2D eigenvalue weighted by Crippen LogP contribution is -2.04. The highest BCUT2D eigenvalue weighted by Crippen LogP contribution is 2.25. The Morgan fingerprint density at radius 3 is 2.92 bits per heavy atom. The van der Waals surface area contributed by atoms with Gasteiger partial charge in [0.1, 0.15) is 11.5 Å². The lowest BCUT2D eigenvalue weighted by molar-refractivity contribution is -0.129. The van der Waals surface area contributed by atoms with Gasteiger partial charge in [-0.3, -0.25) is 0 Å². The summed E-state index contributed by atoms with van der Waals surface area (Å²) in [4.78, 5) is 10.8. The molecule has 0 saturated carbocycles. The van der Waals surface area contributed by atoms with Gasteiger partial charge in [-0.15, -0.1) is 0 Å². The summed E-state index contributed by atoms with van der Waals surface area (Å²) in [5.74, 6) is -0.0760. The van der Waals surface area contributed by atoms with Crippen LogP contribution >= 0.6 is 0 Å². The molecule has 1 N–H and O–H groups in total. The molecule has 0 fully saturated rings. The van der Waals surface area contributed by atoms with Crippen molar-refractivity contribution in [3.8, 4) is 11.5 Å². The Labute approximate surface area is 76.3 Å². The van der Waals surface area contributed by atoms with Gasteiger partial charge in [-0.2, -0.15) is 0 Å². The Hall–Kier alpha value is -1.77. The molecule has 0 bridgehead atoms. The molecule has 0 atom stereocenters. The molecule has 3 nitrogen and oxygen atoms in total. The van der Waals surface area contributed by atoms with E-state index in [4.69, 9.17) is 4.74 Å². The van der Waals surface area contributed by atoms with Crippen LogP contribution in [0.3, 0.4) is 0 Å². The second-order valence-electron chi connectivity index (χ2n) is 2.53. The van der Waals surface area contributed by atoms with Crippen LogP contribution in [0.2, 0.25) is 0 Å². The lowest BCUT2D eigenvalue weighted by Gasteiger charge is -2.05. The summed E-state index contributed by atoms with van der Waals surface area (Å²) in [6, 6.07) is 4.74. The maximum Gasteiger partial charge on any atom is 0.335 e. The van der Waals surface area contributed by atoms with E-state index in [1.165, 1.54) is 6.07 Å². The van der Waals surface area contributed by atoms with E-state index in [1.54, 1.807) is 19.1 Å². The monoisotopic (exact) mass is 178 g/mol. The van der Waals surface area contributed by atoms with Gasteiger partial charge in [-0.1, -0.05) is 12.6 Å². The van der Waals surface area contributed by atoms with E-state index < -0.39 is 5.97 Å². The number of rotatable bonds is 2. The van der Waals surface area contributed by atoms with E-state index in [2.05, 4.69) is 6.58 Å². The molecule has 1 aromatic rings. The van der Waals surface area contributed by atoms with Gasteiger partial charge in [0.25, 0.3) is 0 Å². The fourth-order valence-corrected chi connectivity index (χ4v) is 0.863. The highest BCUT2D eigenvalue weighted by atomic mass is 16.5. The zero-order valence-corrected chi connectivity index (χ0v) is 7.28. The summed E-state index contributed by atoms with van der Waals surface area (Å²) in [5.41, 5.74) is 0.540. The van der Waals surface area contributed by atoms with Crippen LogP contribution in [-0.4, -0.2) is 11.1 Å². The van der Waals surface area contributed by atoms with Crippen molar-refractivity contribution in [2.45, 2.75) is 6.92 Å².